The Kier molecular flexibility index (Phi) is 16.1. The number of amides is 4. The van der Waals surface area contributed by atoms with Crippen molar-refractivity contribution in [1.29, 1.82) is 0 Å². The van der Waals surface area contributed by atoms with E-state index in [2.05, 4.69) is 42.3 Å². The zero-order valence-corrected chi connectivity index (χ0v) is 45.2. The van der Waals surface area contributed by atoms with E-state index in [0.29, 0.717) is 81.1 Å². The van der Waals surface area contributed by atoms with Gasteiger partial charge in [-0.3, -0.25) is 24.1 Å². The molecule has 7 heterocycles. The molecule has 5 fully saturated rings. The first-order valence-electron chi connectivity index (χ1n) is 25.6. The molecular weight excluding hydrogens is 1010 g/mol. The predicted octanol–water partition coefficient (Wildman–Crippen LogP) is 4.94. The summed E-state index contributed by atoms with van der Waals surface area (Å²) < 4.78 is 21.2. The Morgan fingerprint density at radius 3 is 2.38 bits per heavy atom. The maximum Gasteiger partial charge on any atom is 0.258 e. The normalized spacial score (nSPS) is 21.3. The summed E-state index contributed by atoms with van der Waals surface area (Å²) in [6.45, 7) is 16.6. The van der Waals surface area contributed by atoms with E-state index in [0.717, 1.165) is 57.8 Å². The van der Waals surface area contributed by atoms with Crippen LogP contribution in [0.5, 0.6) is 5.75 Å². The van der Waals surface area contributed by atoms with Gasteiger partial charge in [-0.05, 0) is 67.7 Å². The smallest absolute Gasteiger partial charge is 0.258 e. The van der Waals surface area contributed by atoms with Crippen LogP contribution < -0.4 is 30.9 Å². The van der Waals surface area contributed by atoms with Crippen LogP contribution >= 0.6 is 34.7 Å². The molecule has 4 saturated heterocycles. The summed E-state index contributed by atoms with van der Waals surface area (Å²) in [7, 11) is 0. The Balaban J connectivity index is 0.753. The molecule has 18 nitrogen and oxygen atoms in total. The molecule has 74 heavy (non-hydrogen) atoms. The lowest BCUT2D eigenvalue weighted by molar-refractivity contribution is -0.145. The molecule has 0 unspecified atom stereocenters. The summed E-state index contributed by atoms with van der Waals surface area (Å²) in [5, 5.41) is 17.5. The van der Waals surface area contributed by atoms with Crippen molar-refractivity contribution in [3.8, 4) is 16.2 Å². The number of thiazole rings is 1. The minimum Gasteiger partial charge on any atom is -0.492 e. The number of anilines is 2. The summed E-state index contributed by atoms with van der Waals surface area (Å²) in [6.07, 6.45) is 6.65. The van der Waals surface area contributed by atoms with E-state index in [-0.39, 0.29) is 49.6 Å². The second-order valence-corrected chi connectivity index (χ2v) is 24.1. The number of hydrogen-bond acceptors (Lipinski definition) is 16. The molecule has 1 aromatic carbocycles. The molecular formula is C52H68ClFN12O6S2. The van der Waals surface area contributed by atoms with Crippen LogP contribution in [0, 0.1) is 23.7 Å². The number of aliphatic hydroxyl groups is 1. The van der Waals surface area contributed by atoms with Crippen molar-refractivity contribution in [3.05, 3.63) is 64.6 Å². The second-order valence-electron chi connectivity index (χ2n) is 21.8. The number of ether oxygens (including phenoxy) is 1. The largest absolute Gasteiger partial charge is 0.492 e. The number of aromatic nitrogens is 4. The monoisotopic (exact) mass is 1070 g/mol. The fourth-order valence-electron chi connectivity index (χ4n) is 9.95. The fraction of sp³-hybridized carbons (Fsp3) is 0.577. The topological polar surface area (TPSA) is 216 Å². The van der Waals surface area contributed by atoms with Crippen molar-refractivity contribution in [3.63, 3.8) is 0 Å². The number of likely N-dealkylation sites (tertiary alicyclic amines) is 1. The van der Waals surface area contributed by atoms with Crippen LogP contribution in [0.25, 0.3) is 10.4 Å². The number of rotatable bonds is 17. The third kappa shape index (κ3) is 12.1. The van der Waals surface area contributed by atoms with Gasteiger partial charge in [0.05, 0.1) is 45.5 Å². The van der Waals surface area contributed by atoms with E-state index in [1.165, 1.54) is 28.0 Å². The van der Waals surface area contributed by atoms with Crippen molar-refractivity contribution >= 4 is 70.0 Å². The molecule has 22 heteroatoms. The average Bonchev–Trinajstić information content (AvgIpc) is 3.78. The van der Waals surface area contributed by atoms with Gasteiger partial charge in [-0.25, -0.2) is 24.3 Å². The summed E-state index contributed by atoms with van der Waals surface area (Å²) in [4.78, 5) is 84.4. The van der Waals surface area contributed by atoms with Crippen molar-refractivity contribution in [2.75, 3.05) is 88.4 Å². The van der Waals surface area contributed by atoms with Gasteiger partial charge in [0.2, 0.25) is 17.7 Å². The van der Waals surface area contributed by atoms with Gasteiger partial charge in [0, 0.05) is 95.1 Å². The van der Waals surface area contributed by atoms with E-state index >= 15 is 0 Å². The summed E-state index contributed by atoms with van der Waals surface area (Å²) >= 11 is 9.90. The van der Waals surface area contributed by atoms with Crippen LogP contribution in [0.15, 0.2) is 58.3 Å². The summed E-state index contributed by atoms with van der Waals surface area (Å²) in [5.41, 5.74) is 7.73. The van der Waals surface area contributed by atoms with Crippen molar-refractivity contribution in [2.24, 2.45) is 22.5 Å². The number of pyridine rings is 1. The summed E-state index contributed by atoms with van der Waals surface area (Å²) in [6, 6.07) is 5.58. The molecule has 9 rings (SSSR count). The molecule has 4 aromatic rings. The molecule has 4 aliphatic heterocycles. The number of benzene rings is 1. The first-order valence-corrected chi connectivity index (χ1v) is 27.7. The third-order valence-corrected chi connectivity index (χ3v) is 17.7. The number of hydrogen-bond donors (Lipinski definition) is 4. The van der Waals surface area contributed by atoms with Crippen molar-refractivity contribution in [2.45, 2.75) is 107 Å². The number of aryl methyl sites for hydroxylation is 1. The van der Waals surface area contributed by atoms with Gasteiger partial charge in [0.25, 0.3) is 5.91 Å². The lowest BCUT2D eigenvalue weighted by Gasteiger charge is -2.43. The van der Waals surface area contributed by atoms with E-state index in [4.69, 9.17) is 27.1 Å². The van der Waals surface area contributed by atoms with E-state index in [9.17, 15) is 28.7 Å². The fourth-order valence-corrected chi connectivity index (χ4v) is 11.8. The highest BCUT2D eigenvalue weighted by Gasteiger charge is 2.53. The van der Waals surface area contributed by atoms with Gasteiger partial charge in [0.15, 0.2) is 5.67 Å². The highest BCUT2D eigenvalue weighted by molar-refractivity contribution is 7.99. The Labute approximate surface area is 445 Å². The average molecular weight is 1080 g/mol. The van der Waals surface area contributed by atoms with E-state index < -0.39 is 47.0 Å². The second kappa shape index (κ2) is 22.2. The number of halogens is 2. The molecule has 5 N–H and O–H groups in total. The molecule has 0 radical (unpaired) electrons. The number of alkyl halides is 1. The maximum absolute atomic E-state index is 14.7. The number of piperazine rings is 1. The standard InChI is InChI=1S/C52H68ClFN12O6S2/c1-32-43(73-31-60-32)33-6-7-34(24-59-46(68)37-23-36(67)29-66(37)48(70)44(50(2,3)4)61-49(71)52(54)9-10-52)38(22-33)72-21-20-62-16-18-64(19-17-62)47(69)35-27-65(28-35)45-42(53)39(8-13-56-45)74-41-26-57-40(25-58-41)63-14-11-51(5,30-55)12-15-63/h6-8,13,22,25-26,31,35-37,44,67H,9-12,14-21,23-24,27-30,55H2,1-5H3,(H,59,68)(H,61,71)/t36-,37+,44-/m1/s1. The molecule has 3 atom stereocenters. The number of nitrogens with zero attached hydrogens (tertiary/aromatic N) is 9. The minimum absolute atomic E-state index is 0.0176. The van der Waals surface area contributed by atoms with Crippen molar-refractivity contribution in [1.82, 2.24) is 45.3 Å². The molecule has 5 aliphatic rings. The Morgan fingerprint density at radius 2 is 1.73 bits per heavy atom. The predicted molar refractivity (Wildman–Crippen MR) is 283 cm³/mol. The number of carbonyl (C=O) groups is 4. The molecule has 3 aromatic heterocycles. The third-order valence-electron chi connectivity index (χ3n) is 15.2. The van der Waals surface area contributed by atoms with Crippen LogP contribution in [0.2, 0.25) is 5.02 Å². The van der Waals surface area contributed by atoms with Gasteiger partial charge >= 0.3 is 0 Å². The molecule has 0 spiro atoms. The number of nitrogens with one attached hydrogen (secondary N) is 2. The lowest BCUT2D eigenvalue weighted by atomic mass is 9.80. The zero-order valence-electron chi connectivity index (χ0n) is 42.8. The lowest BCUT2D eigenvalue weighted by Crippen LogP contribution is -2.59. The number of carbonyl (C=O) groups excluding carboxylic acids is 4. The number of aliphatic hydroxyl groups excluding tert-OH is 1. The zero-order chi connectivity index (χ0) is 52.5. The minimum atomic E-state index is -1.98. The quantitative estimate of drug-likeness (QED) is 0.110. The Bertz CT molecular complexity index is 2690. The highest BCUT2D eigenvalue weighted by Crippen LogP contribution is 2.42. The van der Waals surface area contributed by atoms with Gasteiger partial charge in [-0.2, -0.15) is 0 Å². The van der Waals surface area contributed by atoms with Gasteiger partial charge in [0.1, 0.15) is 41.1 Å². The molecule has 1 saturated carbocycles. The number of nitrogens with two attached hydrogens (primary N) is 1. The van der Waals surface area contributed by atoms with Crippen molar-refractivity contribution < 1.29 is 33.4 Å². The molecule has 1 aliphatic carbocycles. The van der Waals surface area contributed by atoms with Crippen LogP contribution in [0.4, 0.5) is 16.0 Å². The van der Waals surface area contributed by atoms with E-state index in [1.54, 1.807) is 38.7 Å². The van der Waals surface area contributed by atoms with Crippen LogP contribution in [-0.4, -0.2) is 166 Å². The SMILES string of the molecule is Cc1ncsc1-c1ccc(CNC(=O)[C@@H]2C[C@@H](O)CN2C(=O)[C@@H](NC(=O)C2(F)CC2)C(C)(C)C)c(OCCN2CCN(C(=O)C3CN(c4nccc(Sc5cnc(N6CCC(C)(CN)CC6)cn5)c4Cl)C3)CC2)c1. The number of piperidine rings is 1. The van der Waals surface area contributed by atoms with Crippen LogP contribution in [-0.2, 0) is 25.7 Å². The Morgan fingerprint density at radius 1 is 0.986 bits per heavy atom. The highest BCUT2D eigenvalue weighted by atomic mass is 35.5. The van der Waals surface area contributed by atoms with Gasteiger partial charge < -0.3 is 45.8 Å². The maximum atomic E-state index is 14.7. The molecule has 398 valence electrons. The number of β-amino-alcohol motifs (C(OH)–C–C–N with tert-alkyl or cyclic N) is 1. The van der Waals surface area contributed by atoms with Gasteiger partial charge in [-0.1, -0.05) is 63.2 Å². The van der Waals surface area contributed by atoms with E-state index in [1.807, 2.05) is 47.2 Å². The van der Waals surface area contributed by atoms with Crippen LogP contribution in [0.3, 0.4) is 0 Å². The van der Waals surface area contributed by atoms with Gasteiger partial charge in [-0.15, -0.1) is 11.3 Å². The first kappa shape index (κ1) is 53.6. The first-order chi connectivity index (χ1) is 35.3. The Hall–Kier alpha value is -5.19. The molecule has 4 amide bonds. The van der Waals surface area contributed by atoms with Crippen LogP contribution in [0.1, 0.15) is 71.1 Å². The molecule has 0 bridgehead atoms. The summed E-state index contributed by atoms with van der Waals surface area (Å²) in [5.74, 6) is 0.220.